The van der Waals surface area contributed by atoms with Crippen molar-refractivity contribution in [1.29, 1.82) is 0 Å². The van der Waals surface area contributed by atoms with E-state index < -0.39 is 0 Å². The number of benzene rings is 1. The Morgan fingerprint density at radius 1 is 1.27 bits per heavy atom. The molecule has 0 bridgehead atoms. The quantitative estimate of drug-likeness (QED) is 0.667. The highest BCUT2D eigenvalue weighted by Crippen LogP contribution is 2.25. The van der Waals surface area contributed by atoms with Crippen LogP contribution in [-0.4, -0.2) is 12.8 Å². The zero-order chi connectivity index (χ0) is 11.5. The SMILES string of the molecule is CN=C(CC(C)(C)C)c1ccccc1Cl. The molecule has 0 aromatic heterocycles. The van der Waals surface area contributed by atoms with Gasteiger partial charge in [0.05, 0.1) is 0 Å². The Labute approximate surface area is 97.2 Å². The first-order valence-electron chi connectivity index (χ1n) is 5.14. The molecule has 0 saturated heterocycles. The molecule has 0 spiro atoms. The van der Waals surface area contributed by atoms with Gasteiger partial charge in [-0.3, -0.25) is 4.99 Å². The number of aliphatic imine (C=N–C) groups is 1. The van der Waals surface area contributed by atoms with E-state index in [-0.39, 0.29) is 5.41 Å². The standard InChI is InChI=1S/C13H18ClN/c1-13(2,3)9-12(15-4)10-7-5-6-8-11(10)14/h5-8H,9H2,1-4H3. The maximum atomic E-state index is 6.15. The van der Waals surface area contributed by atoms with Gasteiger partial charge in [-0.15, -0.1) is 0 Å². The summed E-state index contributed by atoms with van der Waals surface area (Å²) in [6.07, 6.45) is 0.938. The van der Waals surface area contributed by atoms with Crippen LogP contribution in [0.25, 0.3) is 0 Å². The molecule has 0 atom stereocenters. The van der Waals surface area contributed by atoms with E-state index in [1.165, 1.54) is 0 Å². The van der Waals surface area contributed by atoms with Gasteiger partial charge in [0.2, 0.25) is 0 Å². The predicted octanol–water partition coefficient (Wildman–Crippen LogP) is 4.20. The number of rotatable bonds is 2. The topological polar surface area (TPSA) is 12.4 Å². The highest BCUT2D eigenvalue weighted by molar-refractivity contribution is 6.34. The van der Waals surface area contributed by atoms with Gasteiger partial charge in [0.25, 0.3) is 0 Å². The van der Waals surface area contributed by atoms with Gasteiger partial charge in [-0.25, -0.2) is 0 Å². The van der Waals surface area contributed by atoms with E-state index in [1.54, 1.807) is 0 Å². The normalized spacial score (nSPS) is 13.0. The van der Waals surface area contributed by atoms with Crippen molar-refractivity contribution < 1.29 is 0 Å². The minimum absolute atomic E-state index is 0.230. The highest BCUT2D eigenvalue weighted by atomic mass is 35.5. The first-order valence-corrected chi connectivity index (χ1v) is 5.52. The van der Waals surface area contributed by atoms with Crippen LogP contribution in [0.5, 0.6) is 0 Å². The Hall–Kier alpha value is -0.820. The van der Waals surface area contributed by atoms with Gasteiger partial charge in [-0.05, 0) is 17.9 Å². The lowest BCUT2D eigenvalue weighted by Crippen LogP contribution is -2.14. The van der Waals surface area contributed by atoms with Crippen LogP contribution >= 0.6 is 11.6 Å². The van der Waals surface area contributed by atoms with Gasteiger partial charge in [-0.2, -0.15) is 0 Å². The summed E-state index contributed by atoms with van der Waals surface area (Å²) in [6, 6.07) is 7.87. The number of hydrogen-bond acceptors (Lipinski definition) is 1. The first-order chi connectivity index (χ1) is 6.94. The van der Waals surface area contributed by atoms with Gasteiger partial charge in [-0.1, -0.05) is 50.6 Å². The summed E-state index contributed by atoms with van der Waals surface area (Å²) in [5.41, 5.74) is 2.36. The molecule has 1 nitrogen and oxygen atoms in total. The molecule has 15 heavy (non-hydrogen) atoms. The largest absolute Gasteiger partial charge is 0.292 e. The number of hydrogen-bond donors (Lipinski definition) is 0. The molecule has 1 rings (SSSR count). The summed E-state index contributed by atoms with van der Waals surface area (Å²) >= 11 is 6.15. The molecule has 0 heterocycles. The maximum Gasteiger partial charge on any atom is 0.0496 e. The fourth-order valence-corrected chi connectivity index (χ4v) is 1.74. The predicted molar refractivity (Wildman–Crippen MR) is 68.0 cm³/mol. The molecular weight excluding hydrogens is 206 g/mol. The zero-order valence-electron chi connectivity index (χ0n) is 9.84. The van der Waals surface area contributed by atoms with Crippen molar-refractivity contribution in [2.24, 2.45) is 10.4 Å². The maximum absolute atomic E-state index is 6.15. The lowest BCUT2D eigenvalue weighted by Gasteiger charge is -2.20. The summed E-state index contributed by atoms with van der Waals surface area (Å²) in [7, 11) is 1.82. The van der Waals surface area contributed by atoms with Gasteiger partial charge in [0.1, 0.15) is 0 Å². The van der Waals surface area contributed by atoms with E-state index >= 15 is 0 Å². The molecule has 0 fully saturated rings. The van der Waals surface area contributed by atoms with Gasteiger partial charge >= 0.3 is 0 Å². The smallest absolute Gasteiger partial charge is 0.0496 e. The fourth-order valence-electron chi connectivity index (χ4n) is 1.49. The van der Waals surface area contributed by atoms with E-state index in [2.05, 4.69) is 25.8 Å². The third-order valence-electron chi connectivity index (χ3n) is 2.15. The average molecular weight is 224 g/mol. The van der Waals surface area contributed by atoms with Crippen molar-refractivity contribution in [3.63, 3.8) is 0 Å². The Kier molecular flexibility index (Phi) is 3.92. The van der Waals surface area contributed by atoms with E-state index in [1.807, 2.05) is 31.3 Å². The first kappa shape index (κ1) is 12.3. The molecule has 0 aliphatic carbocycles. The minimum Gasteiger partial charge on any atom is -0.292 e. The molecule has 2 heteroatoms. The van der Waals surface area contributed by atoms with Crippen molar-refractivity contribution in [3.8, 4) is 0 Å². The number of nitrogens with zero attached hydrogens (tertiary/aromatic N) is 1. The van der Waals surface area contributed by atoms with Gasteiger partial charge in [0, 0.05) is 23.3 Å². The van der Waals surface area contributed by atoms with E-state index in [0.29, 0.717) is 0 Å². The van der Waals surface area contributed by atoms with Crippen molar-refractivity contribution in [2.45, 2.75) is 27.2 Å². The summed E-state index contributed by atoms with van der Waals surface area (Å²) < 4.78 is 0. The molecule has 0 saturated carbocycles. The molecule has 0 aliphatic rings. The molecule has 1 aromatic rings. The molecule has 0 radical (unpaired) electrons. The van der Waals surface area contributed by atoms with Crippen molar-refractivity contribution in [2.75, 3.05) is 7.05 Å². The van der Waals surface area contributed by atoms with Crippen molar-refractivity contribution >= 4 is 17.3 Å². The van der Waals surface area contributed by atoms with Crippen molar-refractivity contribution in [1.82, 2.24) is 0 Å². The Bertz CT molecular complexity index is 361. The zero-order valence-corrected chi connectivity index (χ0v) is 10.6. The van der Waals surface area contributed by atoms with Gasteiger partial charge < -0.3 is 0 Å². The van der Waals surface area contributed by atoms with Crippen LogP contribution in [0.15, 0.2) is 29.3 Å². The van der Waals surface area contributed by atoms with E-state index in [4.69, 9.17) is 11.6 Å². The van der Waals surface area contributed by atoms with E-state index in [0.717, 1.165) is 22.7 Å². The van der Waals surface area contributed by atoms with Crippen LogP contribution in [0.2, 0.25) is 5.02 Å². The second-order valence-electron chi connectivity index (χ2n) is 4.89. The van der Waals surface area contributed by atoms with Crippen LogP contribution in [0.4, 0.5) is 0 Å². The average Bonchev–Trinajstić information content (AvgIpc) is 2.14. The van der Waals surface area contributed by atoms with Crippen LogP contribution in [-0.2, 0) is 0 Å². The molecule has 82 valence electrons. The third kappa shape index (κ3) is 3.67. The van der Waals surface area contributed by atoms with Crippen LogP contribution < -0.4 is 0 Å². The molecule has 0 amide bonds. The highest BCUT2D eigenvalue weighted by Gasteiger charge is 2.16. The summed E-state index contributed by atoms with van der Waals surface area (Å²) in [5, 5.41) is 0.780. The van der Waals surface area contributed by atoms with Crippen LogP contribution in [0.3, 0.4) is 0 Å². The Morgan fingerprint density at radius 3 is 2.33 bits per heavy atom. The van der Waals surface area contributed by atoms with Crippen LogP contribution in [0, 0.1) is 5.41 Å². The minimum atomic E-state index is 0.230. The Morgan fingerprint density at radius 2 is 1.87 bits per heavy atom. The van der Waals surface area contributed by atoms with E-state index in [9.17, 15) is 0 Å². The molecule has 0 unspecified atom stereocenters. The summed E-state index contributed by atoms with van der Waals surface area (Å²) in [5.74, 6) is 0. The molecule has 0 N–H and O–H groups in total. The second-order valence-corrected chi connectivity index (χ2v) is 5.29. The second kappa shape index (κ2) is 4.80. The summed E-state index contributed by atoms with van der Waals surface area (Å²) in [6.45, 7) is 6.61. The third-order valence-corrected chi connectivity index (χ3v) is 2.48. The lowest BCUT2D eigenvalue weighted by atomic mass is 9.87. The van der Waals surface area contributed by atoms with Crippen molar-refractivity contribution in [3.05, 3.63) is 34.9 Å². The monoisotopic (exact) mass is 223 g/mol. The van der Waals surface area contributed by atoms with Crippen LogP contribution in [0.1, 0.15) is 32.8 Å². The number of halogens is 1. The van der Waals surface area contributed by atoms with Gasteiger partial charge in [0.15, 0.2) is 0 Å². The Balaban J connectivity index is 3.00. The molecular formula is C13H18ClN. The molecule has 1 aromatic carbocycles. The molecule has 0 aliphatic heterocycles. The fraction of sp³-hybridized carbons (Fsp3) is 0.462. The lowest BCUT2D eigenvalue weighted by molar-refractivity contribution is 0.434. The summed E-state index contributed by atoms with van der Waals surface area (Å²) in [4.78, 5) is 4.34.